The van der Waals surface area contributed by atoms with Gasteiger partial charge in [0.25, 0.3) is 11.8 Å². The number of aromatic nitrogens is 2. The lowest BCUT2D eigenvalue weighted by Gasteiger charge is -2.19. The predicted molar refractivity (Wildman–Crippen MR) is 109 cm³/mol. The number of amides is 2. The third-order valence-corrected chi connectivity index (χ3v) is 5.61. The monoisotopic (exact) mass is 484 g/mol. The molecule has 0 spiro atoms. The molecule has 1 aromatic heterocycles. The maximum atomic E-state index is 14.0. The van der Waals surface area contributed by atoms with Gasteiger partial charge in [0, 0.05) is 10.0 Å². The lowest BCUT2D eigenvalue weighted by Crippen LogP contribution is -2.39. The highest BCUT2D eigenvalue weighted by atomic mass is 79.9. The van der Waals surface area contributed by atoms with Crippen molar-refractivity contribution in [3.8, 4) is 11.4 Å². The molecule has 0 bridgehead atoms. The van der Waals surface area contributed by atoms with Crippen molar-refractivity contribution in [3.63, 3.8) is 0 Å². The quantitative estimate of drug-likeness (QED) is 0.525. The summed E-state index contributed by atoms with van der Waals surface area (Å²) < 4.78 is 20.1. The number of benzene rings is 2. The van der Waals surface area contributed by atoms with E-state index in [2.05, 4.69) is 36.4 Å². The number of carbonyl (C=O) groups excluding carboxylic acids is 2. The molecule has 0 radical (unpaired) electrons. The maximum Gasteiger partial charge on any atom is 0.263 e. The number of aryl methyl sites for hydroxylation is 1. The number of nitrogens with zero attached hydrogens (tertiary/aromatic N) is 6. The SMILES string of the molecule is Cc1ccc(N2C(=O)[C@H]3N=NN(Cc4nc(-c5cccc(Br)c5)no4)[C@@H]3C2=O)cc1F. The Bertz CT molecular complexity index is 1250. The van der Waals surface area contributed by atoms with E-state index in [4.69, 9.17) is 4.52 Å². The van der Waals surface area contributed by atoms with Gasteiger partial charge < -0.3 is 4.52 Å². The minimum atomic E-state index is -0.996. The van der Waals surface area contributed by atoms with Crippen molar-refractivity contribution in [1.29, 1.82) is 0 Å². The van der Waals surface area contributed by atoms with Gasteiger partial charge in [-0.15, -0.1) is 0 Å². The molecular formula is C20H14BrFN6O3. The molecule has 156 valence electrons. The number of carbonyl (C=O) groups is 2. The Morgan fingerprint density at radius 1 is 1.16 bits per heavy atom. The van der Waals surface area contributed by atoms with E-state index in [1.54, 1.807) is 6.92 Å². The molecule has 3 aromatic rings. The Morgan fingerprint density at radius 3 is 2.77 bits per heavy atom. The first-order valence-electron chi connectivity index (χ1n) is 9.32. The van der Waals surface area contributed by atoms with Crippen LogP contribution in [0.4, 0.5) is 10.1 Å². The Labute approximate surface area is 183 Å². The highest BCUT2D eigenvalue weighted by Gasteiger charge is 2.55. The van der Waals surface area contributed by atoms with Gasteiger partial charge in [-0.1, -0.05) is 44.5 Å². The fourth-order valence-electron chi connectivity index (χ4n) is 3.53. The molecule has 2 aliphatic rings. The highest BCUT2D eigenvalue weighted by Crippen LogP contribution is 2.33. The van der Waals surface area contributed by atoms with Gasteiger partial charge in [-0.05, 0) is 36.8 Å². The first-order valence-corrected chi connectivity index (χ1v) is 10.1. The van der Waals surface area contributed by atoms with Crippen molar-refractivity contribution < 1.29 is 18.5 Å². The smallest absolute Gasteiger partial charge is 0.263 e. The van der Waals surface area contributed by atoms with Crippen LogP contribution < -0.4 is 4.90 Å². The molecule has 0 N–H and O–H groups in total. The van der Waals surface area contributed by atoms with Crippen LogP contribution in [-0.4, -0.2) is 39.0 Å². The van der Waals surface area contributed by atoms with Gasteiger partial charge in [-0.3, -0.25) is 14.6 Å². The van der Waals surface area contributed by atoms with Crippen LogP contribution in [0.15, 0.2) is 61.8 Å². The Balaban J connectivity index is 1.37. The van der Waals surface area contributed by atoms with Gasteiger partial charge in [0.05, 0.1) is 5.69 Å². The van der Waals surface area contributed by atoms with E-state index < -0.39 is 29.7 Å². The molecule has 0 saturated carbocycles. The number of rotatable bonds is 4. The Hall–Kier alpha value is -3.47. The van der Waals surface area contributed by atoms with Crippen molar-refractivity contribution in [3.05, 3.63) is 64.2 Å². The Morgan fingerprint density at radius 2 is 2.00 bits per heavy atom. The van der Waals surface area contributed by atoms with E-state index in [0.29, 0.717) is 11.4 Å². The summed E-state index contributed by atoms with van der Waals surface area (Å²) in [5.41, 5.74) is 1.34. The minimum absolute atomic E-state index is 0.000783. The van der Waals surface area contributed by atoms with E-state index in [-0.39, 0.29) is 18.1 Å². The van der Waals surface area contributed by atoms with Crippen LogP contribution in [0, 0.1) is 12.7 Å². The molecule has 2 amide bonds. The standard InChI is InChI=1S/C20H14BrFN6O3/c1-10-5-6-13(8-14(10)22)28-19(29)16-17(20(28)30)27(26-24-16)9-15-23-18(25-31-15)11-3-2-4-12(21)7-11/h2-8,16-17H,9H2,1H3/t16-,17-/m0/s1. The topological polar surface area (TPSA) is 104 Å². The molecule has 0 aliphatic carbocycles. The van der Waals surface area contributed by atoms with E-state index >= 15 is 0 Å². The molecule has 9 nitrogen and oxygen atoms in total. The van der Waals surface area contributed by atoms with Crippen molar-refractivity contribution in [2.75, 3.05) is 4.90 Å². The second-order valence-corrected chi connectivity index (χ2v) is 8.08. The number of anilines is 1. The van der Waals surface area contributed by atoms with Crippen LogP contribution in [-0.2, 0) is 16.1 Å². The molecule has 1 saturated heterocycles. The van der Waals surface area contributed by atoms with Gasteiger partial charge in [0.2, 0.25) is 11.7 Å². The average Bonchev–Trinajstić information content (AvgIpc) is 3.43. The molecule has 1 fully saturated rings. The maximum absolute atomic E-state index is 14.0. The zero-order valence-electron chi connectivity index (χ0n) is 16.1. The summed E-state index contributed by atoms with van der Waals surface area (Å²) in [6.45, 7) is 1.60. The normalized spacial score (nSPS) is 20.1. The minimum Gasteiger partial charge on any atom is -0.337 e. The van der Waals surface area contributed by atoms with Crippen molar-refractivity contribution >= 4 is 33.4 Å². The first-order chi connectivity index (χ1) is 14.9. The van der Waals surface area contributed by atoms with Gasteiger partial charge >= 0.3 is 0 Å². The summed E-state index contributed by atoms with van der Waals surface area (Å²) in [5, 5.41) is 13.2. The summed E-state index contributed by atoms with van der Waals surface area (Å²) in [6.07, 6.45) is 0. The number of hydrogen-bond acceptors (Lipinski definition) is 8. The van der Waals surface area contributed by atoms with Crippen LogP contribution in [0.25, 0.3) is 11.4 Å². The van der Waals surface area contributed by atoms with Gasteiger partial charge in [-0.25, -0.2) is 9.29 Å². The lowest BCUT2D eigenvalue weighted by atomic mass is 10.1. The number of fused-ring (bicyclic) bond motifs is 1. The predicted octanol–water partition coefficient (Wildman–Crippen LogP) is 3.44. The van der Waals surface area contributed by atoms with Crippen LogP contribution in [0.2, 0.25) is 0 Å². The van der Waals surface area contributed by atoms with Gasteiger partial charge in [0.1, 0.15) is 12.4 Å². The second kappa shape index (κ2) is 7.34. The van der Waals surface area contributed by atoms with Crippen molar-refractivity contribution in [2.24, 2.45) is 10.3 Å². The fraction of sp³-hybridized carbons (Fsp3) is 0.200. The zero-order valence-corrected chi connectivity index (χ0v) is 17.7. The van der Waals surface area contributed by atoms with Crippen LogP contribution in [0.3, 0.4) is 0 Å². The molecule has 11 heteroatoms. The fourth-order valence-corrected chi connectivity index (χ4v) is 3.93. The van der Waals surface area contributed by atoms with Gasteiger partial charge in [-0.2, -0.15) is 10.1 Å². The van der Waals surface area contributed by atoms with Crippen LogP contribution in [0.5, 0.6) is 0 Å². The van der Waals surface area contributed by atoms with Crippen molar-refractivity contribution in [1.82, 2.24) is 15.1 Å². The van der Waals surface area contributed by atoms with Crippen LogP contribution >= 0.6 is 15.9 Å². The Kier molecular flexibility index (Phi) is 4.62. The number of halogens is 2. The molecule has 2 aliphatic heterocycles. The lowest BCUT2D eigenvalue weighted by molar-refractivity contribution is -0.123. The molecule has 0 unspecified atom stereocenters. The largest absolute Gasteiger partial charge is 0.337 e. The average molecular weight is 485 g/mol. The first kappa shape index (κ1) is 19.5. The summed E-state index contributed by atoms with van der Waals surface area (Å²) in [7, 11) is 0. The van der Waals surface area contributed by atoms with Crippen LogP contribution in [0.1, 0.15) is 11.5 Å². The second-order valence-electron chi connectivity index (χ2n) is 7.16. The zero-order chi connectivity index (χ0) is 21.7. The molecule has 2 aromatic carbocycles. The summed E-state index contributed by atoms with van der Waals surface area (Å²) >= 11 is 3.39. The molecule has 3 heterocycles. The third-order valence-electron chi connectivity index (χ3n) is 5.12. The molecule has 31 heavy (non-hydrogen) atoms. The molecule has 5 rings (SSSR count). The van der Waals surface area contributed by atoms with Gasteiger partial charge in [0.15, 0.2) is 12.1 Å². The third kappa shape index (κ3) is 3.30. The van der Waals surface area contributed by atoms with E-state index in [9.17, 15) is 14.0 Å². The van der Waals surface area contributed by atoms with Crippen molar-refractivity contribution in [2.45, 2.75) is 25.6 Å². The van der Waals surface area contributed by atoms with E-state index in [0.717, 1.165) is 21.0 Å². The van der Waals surface area contributed by atoms with E-state index in [1.165, 1.54) is 17.1 Å². The summed E-state index contributed by atoms with van der Waals surface area (Å²) in [4.78, 5) is 31.1. The number of hydrogen-bond donors (Lipinski definition) is 0. The van der Waals surface area contributed by atoms with E-state index in [1.807, 2.05) is 24.3 Å². The molecule has 2 atom stereocenters. The highest BCUT2D eigenvalue weighted by molar-refractivity contribution is 9.10. The summed E-state index contributed by atoms with van der Waals surface area (Å²) in [6, 6.07) is 9.67. The molecular weight excluding hydrogens is 471 g/mol. The number of imide groups is 1. The summed E-state index contributed by atoms with van der Waals surface area (Å²) in [5.74, 6) is -0.983.